The van der Waals surface area contributed by atoms with Gasteiger partial charge in [-0.05, 0) is 12.8 Å². The molecule has 0 saturated carbocycles. The van der Waals surface area contributed by atoms with Crippen molar-refractivity contribution in [2.45, 2.75) is 31.7 Å². The fraction of sp³-hybridized carbons (Fsp3) is 0.467. The number of nitrogens with zero attached hydrogens (tertiary/aromatic N) is 4. The number of halogens is 3. The lowest BCUT2D eigenvalue weighted by Gasteiger charge is -2.33. The number of aliphatic hydroxyl groups is 1. The molecule has 0 aromatic carbocycles. The second-order valence-electron chi connectivity index (χ2n) is 5.91. The highest BCUT2D eigenvalue weighted by Gasteiger charge is 2.29. The van der Waals surface area contributed by atoms with Crippen LogP contribution in [0, 0.1) is 0 Å². The van der Waals surface area contributed by atoms with Gasteiger partial charge < -0.3 is 15.7 Å². The minimum absolute atomic E-state index is 0.316. The number of hydrogen-bond acceptors (Lipinski definition) is 5. The number of rotatable bonds is 3. The number of aromatic nitrogens is 3. The molecule has 3 N–H and O–H groups in total. The number of nitrogens with two attached hydrogens (primary N) is 1. The van der Waals surface area contributed by atoms with Gasteiger partial charge in [0, 0.05) is 42.7 Å². The van der Waals surface area contributed by atoms with E-state index in [1.54, 1.807) is 6.07 Å². The second kappa shape index (κ2) is 6.31. The molecule has 3 rings (SSSR count). The van der Waals surface area contributed by atoms with Gasteiger partial charge in [-0.2, -0.15) is 18.3 Å². The van der Waals surface area contributed by atoms with Gasteiger partial charge in [-0.25, -0.2) is 4.98 Å². The molecule has 0 spiro atoms. The number of β-amino-alcohol motifs (C(OH)–C–C–N with tert-alkyl or cyclic N) is 1. The molecule has 6 nitrogen and oxygen atoms in total. The predicted octanol–water partition coefficient (Wildman–Crippen LogP) is 2.05. The Bertz CT molecular complexity index is 715. The molecular formula is C15H18F3N5O. The van der Waals surface area contributed by atoms with Gasteiger partial charge in [-0.1, -0.05) is 0 Å². The number of alkyl halides is 3. The monoisotopic (exact) mass is 341 g/mol. The van der Waals surface area contributed by atoms with E-state index in [0.717, 1.165) is 29.8 Å². The van der Waals surface area contributed by atoms with Crippen molar-refractivity contribution in [2.24, 2.45) is 0 Å². The summed E-state index contributed by atoms with van der Waals surface area (Å²) in [6, 6.07) is 1.68. The topological polar surface area (TPSA) is 80.2 Å². The Hall–Kier alpha value is -2.29. The highest BCUT2D eigenvalue weighted by atomic mass is 19.4. The van der Waals surface area contributed by atoms with E-state index in [4.69, 9.17) is 5.73 Å². The van der Waals surface area contributed by atoms with Gasteiger partial charge >= 0.3 is 6.18 Å². The standard InChI is InChI=1S/C15H18F3N5O/c16-15(17,18)9-23-7-10(5-21-23)12-6-20-14(19)4-13(12)22-3-1-2-11(24)8-22/h4-7,11,24H,1-3,8-9H2,(H2,19,20)/t11-/m0/s1. The van der Waals surface area contributed by atoms with Crippen LogP contribution in [0.1, 0.15) is 12.8 Å². The fourth-order valence-corrected chi connectivity index (χ4v) is 2.89. The molecule has 3 heterocycles. The van der Waals surface area contributed by atoms with Crippen LogP contribution >= 0.6 is 0 Å². The first-order valence-electron chi connectivity index (χ1n) is 7.60. The molecule has 0 aliphatic carbocycles. The van der Waals surface area contributed by atoms with Crippen LogP contribution in [0.15, 0.2) is 24.7 Å². The number of nitrogen functional groups attached to an aromatic ring is 1. The normalized spacial score (nSPS) is 18.8. The van der Waals surface area contributed by atoms with E-state index in [-0.39, 0.29) is 0 Å². The molecule has 9 heteroatoms. The summed E-state index contributed by atoms with van der Waals surface area (Å²) in [5.41, 5.74) is 7.68. The quantitative estimate of drug-likeness (QED) is 0.893. The third-order valence-corrected chi connectivity index (χ3v) is 3.93. The minimum atomic E-state index is -4.33. The molecule has 1 aliphatic heterocycles. The van der Waals surface area contributed by atoms with Crippen molar-refractivity contribution >= 4 is 11.5 Å². The summed E-state index contributed by atoms with van der Waals surface area (Å²) < 4.78 is 38.3. The summed E-state index contributed by atoms with van der Waals surface area (Å²) in [5, 5.41) is 13.6. The van der Waals surface area contributed by atoms with E-state index in [2.05, 4.69) is 10.1 Å². The average Bonchev–Trinajstić information content (AvgIpc) is 2.93. The summed E-state index contributed by atoms with van der Waals surface area (Å²) in [5.74, 6) is 0.316. The Morgan fingerprint density at radius 1 is 1.33 bits per heavy atom. The van der Waals surface area contributed by atoms with Gasteiger partial charge in [0.1, 0.15) is 12.4 Å². The van der Waals surface area contributed by atoms with Crippen LogP contribution in [0.5, 0.6) is 0 Å². The molecule has 130 valence electrons. The molecule has 0 bridgehead atoms. The molecule has 0 amide bonds. The first-order valence-corrected chi connectivity index (χ1v) is 7.60. The maximum atomic E-state index is 12.5. The van der Waals surface area contributed by atoms with Gasteiger partial charge in [-0.3, -0.25) is 4.68 Å². The van der Waals surface area contributed by atoms with E-state index in [1.165, 1.54) is 18.6 Å². The molecule has 1 atom stereocenters. The zero-order valence-corrected chi connectivity index (χ0v) is 12.9. The van der Waals surface area contributed by atoms with Crippen LogP contribution in [-0.4, -0.2) is 45.2 Å². The van der Waals surface area contributed by atoms with Gasteiger partial charge in [0.05, 0.1) is 18.0 Å². The zero-order chi connectivity index (χ0) is 17.3. The number of hydrogen-bond donors (Lipinski definition) is 2. The molecule has 2 aromatic rings. The third-order valence-electron chi connectivity index (χ3n) is 3.93. The van der Waals surface area contributed by atoms with Crippen molar-refractivity contribution < 1.29 is 18.3 Å². The summed E-state index contributed by atoms with van der Waals surface area (Å²) >= 11 is 0. The molecule has 1 saturated heterocycles. The van der Waals surface area contributed by atoms with Crippen LogP contribution in [0.25, 0.3) is 11.1 Å². The van der Waals surface area contributed by atoms with E-state index in [1.807, 2.05) is 4.90 Å². The lowest BCUT2D eigenvalue weighted by atomic mass is 10.0. The van der Waals surface area contributed by atoms with E-state index in [9.17, 15) is 18.3 Å². The van der Waals surface area contributed by atoms with Crippen LogP contribution in [-0.2, 0) is 6.54 Å². The van der Waals surface area contributed by atoms with Crippen LogP contribution in [0.4, 0.5) is 24.7 Å². The minimum Gasteiger partial charge on any atom is -0.391 e. The van der Waals surface area contributed by atoms with Crippen LogP contribution in [0.2, 0.25) is 0 Å². The van der Waals surface area contributed by atoms with E-state index < -0.39 is 18.8 Å². The van der Waals surface area contributed by atoms with Gasteiger partial charge in [0.15, 0.2) is 0 Å². The van der Waals surface area contributed by atoms with Crippen molar-refractivity contribution in [2.75, 3.05) is 23.7 Å². The fourth-order valence-electron chi connectivity index (χ4n) is 2.89. The highest BCUT2D eigenvalue weighted by molar-refractivity contribution is 5.79. The zero-order valence-electron chi connectivity index (χ0n) is 12.9. The maximum Gasteiger partial charge on any atom is 0.408 e. The SMILES string of the molecule is Nc1cc(N2CCC[C@H](O)C2)c(-c2cnn(CC(F)(F)F)c2)cn1. The van der Waals surface area contributed by atoms with Gasteiger partial charge in [-0.15, -0.1) is 0 Å². The lowest BCUT2D eigenvalue weighted by molar-refractivity contribution is -0.142. The summed E-state index contributed by atoms with van der Waals surface area (Å²) in [4.78, 5) is 6.02. The second-order valence-corrected chi connectivity index (χ2v) is 5.91. The molecule has 24 heavy (non-hydrogen) atoms. The Kier molecular flexibility index (Phi) is 4.35. The van der Waals surface area contributed by atoms with Crippen molar-refractivity contribution in [3.63, 3.8) is 0 Å². The summed E-state index contributed by atoms with van der Waals surface area (Å²) in [6.07, 6.45) is 1.04. The van der Waals surface area contributed by atoms with Crippen molar-refractivity contribution in [3.05, 3.63) is 24.7 Å². The number of pyridine rings is 1. The van der Waals surface area contributed by atoms with Crippen LogP contribution in [0.3, 0.4) is 0 Å². The lowest BCUT2D eigenvalue weighted by Crippen LogP contribution is -2.38. The first kappa shape index (κ1) is 16.6. The number of aliphatic hydroxyl groups excluding tert-OH is 1. The van der Waals surface area contributed by atoms with Crippen molar-refractivity contribution in [1.82, 2.24) is 14.8 Å². The van der Waals surface area contributed by atoms with Crippen molar-refractivity contribution in [3.8, 4) is 11.1 Å². The molecule has 2 aromatic heterocycles. The molecule has 0 radical (unpaired) electrons. The third kappa shape index (κ3) is 3.78. The maximum absolute atomic E-state index is 12.5. The van der Waals surface area contributed by atoms with Gasteiger partial charge in [0.2, 0.25) is 0 Å². The Morgan fingerprint density at radius 3 is 2.83 bits per heavy atom. The molecule has 1 aliphatic rings. The summed E-state index contributed by atoms with van der Waals surface area (Å²) in [7, 11) is 0. The van der Waals surface area contributed by atoms with Gasteiger partial charge in [0.25, 0.3) is 0 Å². The van der Waals surface area contributed by atoms with E-state index >= 15 is 0 Å². The Balaban J connectivity index is 1.93. The Labute approximate surface area is 136 Å². The average molecular weight is 341 g/mol. The highest BCUT2D eigenvalue weighted by Crippen LogP contribution is 2.33. The van der Waals surface area contributed by atoms with E-state index in [0.29, 0.717) is 23.5 Å². The van der Waals surface area contributed by atoms with Crippen LogP contribution < -0.4 is 10.6 Å². The molecular weight excluding hydrogens is 323 g/mol. The predicted molar refractivity (Wildman–Crippen MR) is 83.4 cm³/mol. The van der Waals surface area contributed by atoms with Crippen molar-refractivity contribution in [1.29, 1.82) is 0 Å². The summed E-state index contributed by atoms with van der Waals surface area (Å²) in [6.45, 7) is 0.0461. The number of anilines is 2. The Morgan fingerprint density at radius 2 is 2.12 bits per heavy atom. The molecule has 0 unspecified atom stereocenters. The largest absolute Gasteiger partial charge is 0.408 e. The smallest absolute Gasteiger partial charge is 0.391 e. The first-order chi connectivity index (χ1) is 11.3. The number of piperidine rings is 1. The molecule has 1 fully saturated rings.